The second-order valence-corrected chi connectivity index (χ2v) is 3.80. The van der Waals surface area contributed by atoms with Crippen LogP contribution in [0.5, 0.6) is 0 Å². The van der Waals surface area contributed by atoms with Gasteiger partial charge in [-0.15, -0.1) is 0 Å². The first-order valence-electron chi connectivity index (χ1n) is 4.93. The fourth-order valence-electron chi connectivity index (χ4n) is 1.39. The fraction of sp³-hybridized carbons (Fsp3) is 0.455. The number of benzene rings is 1. The van der Waals surface area contributed by atoms with Crippen LogP contribution in [0.3, 0.4) is 0 Å². The molecule has 1 saturated heterocycles. The zero-order valence-electron chi connectivity index (χ0n) is 8.48. The molecule has 1 heterocycles. The van der Waals surface area contributed by atoms with E-state index in [4.69, 9.17) is 23.2 Å². The third-order valence-corrected chi connectivity index (χ3v) is 2.85. The van der Waals surface area contributed by atoms with Gasteiger partial charge in [-0.2, -0.15) is 0 Å². The standard InChI is InChI=1S/C9H9Cl2N.C2H6/c10-7-2-1-3-8(11)9(7)6-4-12-5-6;1-2/h1-3,6,12H,4-5H2;1-2H3. The maximum atomic E-state index is 6.02. The zero-order valence-corrected chi connectivity index (χ0v) is 9.99. The predicted octanol–water partition coefficient (Wildman–Crippen LogP) is 3.71. The van der Waals surface area contributed by atoms with E-state index in [-0.39, 0.29) is 0 Å². The maximum Gasteiger partial charge on any atom is 0.0456 e. The van der Waals surface area contributed by atoms with Crippen LogP contribution in [-0.2, 0) is 0 Å². The van der Waals surface area contributed by atoms with E-state index in [1.54, 1.807) is 0 Å². The van der Waals surface area contributed by atoms with Crippen LogP contribution in [0.2, 0.25) is 10.0 Å². The Morgan fingerprint density at radius 3 is 2.00 bits per heavy atom. The van der Waals surface area contributed by atoms with Gasteiger partial charge in [0.25, 0.3) is 0 Å². The first-order valence-corrected chi connectivity index (χ1v) is 5.69. The molecular formula is C11H15Cl2N. The van der Waals surface area contributed by atoms with Crippen LogP contribution in [0.1, 0.15) is 25.3 Å². The van der Waals surface area contributed by atoms with Gasteiger partial charge < -0.3 is 5.32 Å². The van der Waals surface area contributed by atoms with Gasteiger partial charge in [-0.25, -0.2) is 0 Å². The third-order valence-electron chi connectivity index (χ3n) is 2.19. The average Bonchev–Trinajstić information content (AvgIpc) is 2.12. The van der Waals surface area contributed by atoms with E-state index in [1.165, 1.54) is 0 Å². The molecule has 1 aliphatic heterocycles. The van der Waals surface area contributed by atoms with Gasteiger partial charge in [-0.3, -0.25) is 0 Å². The second-order valence-electron chi connectivity index (χ2n) is 2.99. The molecule has 3 heteroatoms. The van der Waals surface area contributed by atoms with Crippen LogP contribution >= 0.6 is 23.2 Å². The lowest BCUT2D eigenvalue weighted by molar-refractivity contribution is 0.448. The molecule has 1 aromatic rings. The largest absolute Gasteiger partial charge is 0.315 e. The minimum absolute atomic E-state index is 0.506. The lowest BCUT2D eigenvalue weighted by atomic mass is 9.94. The van der Waals surface area contributed by atoms with Gasteiger partial charge in [-0.1, -0.05) is 43.1 Å². The molecule has 1 fully saturated rings. The minimum atomic E-state index is 0.506. The van der Waals surface area contributed by atoms with Gasteiger partial charge in [0.2, 0.25) is 0 Å². The highest BCUT2D eigenvalue weighted by molar-refractivity contribution is 6.36. The van der Waals surface area contributed by atoms with E-state index in [0.29, 0.717) is 5.92 Å². The Labute approximate surface area is 95.4 Å². The highest BCUT2D eigenvalue weighted by Gasteiger charge is 2.23. The Morgan fingerprint density at radius 1 is 1.14 bits per heavy atom. The quantitative estimate of drug-likeness (QED) is 0.778. The molecular weight excluding hydrogens is 217 g/mol. The molecule has 0 unspecified atom stereocenters. The van der Waals surface area contributed by atoms with Crippen molar-refractivity contribution < 1.29 is 0 Å². The molecule has 0 aromatic heterocycles. The van der Waals surface area contributed by atoms with E-state index in [9.17, 15) is 0 Å². The average molecular weight is 232 g/mol. The van der Waals surface area contributed by atoms with E-state index in [2.05, 4.69) is 5.32 Å². The van der Waals surface area contributed by atoms with Gasteiger partial charge >= 0.3 is 0 Å². The van der Waals surface area contributed by atoms with Gasteiger partial charge in [0.15, 0.2) is 0 Å². The molecule has 14 heavy (non-hydrogen) atoms. The minimum Gasteiger partial charge on any atom is -0.315 e. The normalized spacial score (nSPS) is 15.4. The summed E-state index contributed by atoms with van der Waals surface area (Å²) in [5.74, 6) is 0.506. The maximum absolute atomic E-state index is 6.02. The Kier molecular flexibility index (Phi) is 4.73. The summed E-state index contributed by atoms with van der Waals surface area (Å²) in [4.78, 5) is 0. The molecule has 0 saturated carbocycles. The van der Waals surface area contributed by atoms with Crippen molar-refractivity contribution in [2.75, 3.05) is 13.1 Å². The monoisotopic (exact) mass is 231 g/mol. The van der Waals surface area contributed by atoms with Crippen LogP contribution in [-0.4, -0.2) is 13.1 Å². The fourth-order valence-corrected chi connectivity index (χ4v) is 2.10. The molecule has 0 bridgehead atoms. The summed E-state index contributed by atoms with van der Waals surface area (Å²) < 4.78 is 0. The Hall–Kier alpha value is -0.240. The first kappa shape index (κ1) is 11.8. The summed E-state index contributed by atoms with van der Waals surface area (Å²) in [5, 5.41) is 4.77. The summed E-state index contributed by atoms with van der Waals surface area (Å²) in [7, 11) is 0. The van der Waals surface area contributed by atoms with Crippen molar-refractivity contribution >= 4 is 23.2 Å². The van der Waals surface area contributed by atoms with Crippen LogP contribution in [0.4, 0.5) is 0 Å². The van der Waals surface area contributed by atoms with Crippen LogP contribution in [0, 0.1) is 0 Å². The first-order chi connectivity index (χ1) is 6.79. The lowest BCUT2D eigenvalue weighted by Gasteiger charge is -2.28. The molecule has 0 radical (unpaired) electrons. The van der Waals surface area contributed by atoms with Gasteiger partial charge in [0.1, 0.15) is 0 Å². The summed E-state index contributed by atoms with van der Waals surface area (Å²) in [6, 6.07) is 5.66. The molecule has 0 atom stereocenters. The molecule has 2 rings (SSSR count). The third kappa shape index (κ3) is 2.41. The summed E-state index contributed by atoms with van der Waals surface area (Å²) in [6.07, 6.45) is 0. The van der Waals surface area contributed by atoms with Crippen molar-refractivity contribution in [3.8, 4) is 0 Å². The van der Waals surface area contributed by atoms with Crippen LogP contribution in [0.15, 0.2) is 18.2 Å². The van der Waals surface area contributed by atoms with Gasteiger partial charge in [0, 0.05) is 29.1 Å². The van der Waals surface area contributed by atoms with Crippen molar-refractivity contribution in [3.63, 3.8) is 0 Å². The van der Waals surface area contributed by atoms with E-state index < -0.39 is 0 Å². The molecule has 1 N–H and O–H groups in total. The number of rotatable bonds is 1. The van der Waals surface area contributed by atoms with Gasteiger partial charge in [-0.05, 0) is 17.7 Å². The molecule has 0 spiro atoms. The SMILES string of the molecule is CC.Clc1cccc(Cl)c1C1CNC1. The highest BCUT2D eigenvalue weighted by Crippen LogP contribution is 2.33. The van der Waals surface area contributed by atoms with Crippen molar-refractivity contribution in [2.45, 2.75) is 19.8 Å². The topological polar surface area (TPSA) is 12.0 Å². The Morgan fingerprint density at radius 2 is 1.64 bits per heavy atom. The summed E-state index contributed by atoms with van der Waals surface area (Å²) in [6.45, 7) is 5.98. The summed E-state index contributed by atoms with van der Waals surface area (Å²) in [5.41, 5.74) is 1.10. The predicted molar refractivity (Wildman–Crippen MR) is 63.4 cm³/mol. The molecule has 1 aromatic carbocycles. The Balaban J connectivity index is 0.000000461. The molecule has 1 nitrogen and oxygen atoms in total. The number of halogens is 2. The summed E-state index contributed by atoms with van der Waals surface area (Å²) >= 11 is 12.0. The van der Waals surface area contributed by atoms with Crippen molar-refractivity contribution in [1.29, 1.82) is 0 Å². The van der Waals surface area contributed by atoms with Crippen molar-refractivity contribution in [1.82, 2.24) is 5.32 Å². The number of hydrogen-bond donors (Lipinski definition) is 1. The highest BCUT2D eigenvalue weighted by atomic mass is 35.5. The molecule has 1 aliphatic rings. The zero-order chi connectivity index (χ0) is 10.6. The van der Waals surface area contributed by atoms with E-state index in [0.717, 1.165) is 28.7 Å². The van der Waals surface area contributed by atoms with Crippen LogP contribution < -0.4 is 5.32 Å². The smallest absolute Gasteiger partial charge is 0.0456 e. The second kappa shape index (κ2) is 5.59. The van der Waals surface area contributed by atoms with Gasteiger partial charge in [0.05, 0.1) is 0 Å². The number of hydrogen-bond acceptors (Lipinski definition) is 1. The van der Waals surface area contributed by atoms with Crippen LogP contribution in [0.25, 0.3) is 0 Å². The van der Waals surface area contributed by atoms with Crippen molar-refractivity contribution in [2.24, 2.45) is 0 Å². The number of nitrogens with one attached hydrogen (secondary N) is 1. The molecule has 0 amide bonds. The Bertz CT molecular complexity index is 275. The lowest BCUT2D eigenvalue weighted by Crippen LogP contribution is -2.40. The van der Waals surface area contributed by atoms with Crippen molar-refractivity contribution in [3.05, 3.63) is 33.8 Å². The van der Waals surface area contributed by atoms with E-state index >= 15 is 0 Å². The van der Waals surface area contributed by atoms with E-state index in [1.807, 2.05) is 32.0 Å². The molecule has 0 aliphatic carbocycles. The molecule has 78 valence electrons.